The van der Waals surface area contributed by atoms with Crippen molar-refractivity contribution in [2.75, 3.05) is 13.7 Å². The molecule has 1 atom stereocenters. The largest absolute Gasteiger partial charge is 0.494 e. The lowest BCUT2D eigenvalue weighted by molar-refractivity contribution is -0.145. The van der Waals surface area contributed by atoms with Gasteiger partial charge in [-0.25, -0.2) is 9.78 Å². The van der Waals surface area contributed by atoms with E-state index in [2.05, 4.69) is 10.3 Å². The van der Waals surface area contributed by atoms with Gasteiger partial charge in [-0.2, -0.15) is 0 Å². The van der Waals surface area contributed by atoms with Gasteiger partial charge in [0.05, 0.1) is 25.8 Å². The van der Waals surface area contributed by atoms with Crippen LogP contribution in [0.2, 0.25) is 0 Å². The maximum absolute atomic E-state index is 12.3. The molecule has 0 saturated carbocycles. The summed E-state index contributed by atoms with van der Waals surface area (Å²) in [5.41, 5.74) is 1.65. The first kappa shape index (κ1) is 20.9. The summed E-state index contributed by atoms with van der Waals surface area (Å²) < 4.78 is 10.2. The second-order valence-corrected chi connectivity index (χ2v) is 7.41. The van der Waals surface area contributed by atoms with Crippen molar-refractivity contribution in [2.24, 2.45) is 5.92 Å². The van der Waals surface area contributed by atoms with Crippen molar-refractivity contribution < 1.29 is 19.1 Å². The summed E-state index contributed by atoms with van der Waals surface area (Å²) in [5, 5.41) is 5.46. The first-order valence-electron chi connectivity index (χ1n) is 8.97. The average molecular weight is 391 g/mol. The third-order valence-electron chi connectivity index (χ3n) is 3.83. The molecule has 0 spiro atoms. The minimum Gasteiger partial charge on any atom is -0.494 e. The molecule has 1 unspecified atom stereocenters. The predicted octanol–water partition coefficient (Wildman–Crippen LogP) is 3.46. The third-order valence-corrected chi connectivity index (χ3v) is 4.77. The second-order valence-electron chi connectivity index (χ2n) is 6.55. The zero-order valence-corrected chi connectivity index (χ0v) is 17.0. The van der Waals surface area contributed by atoms with E-state index in [0.29, 0.717) is 18.7 Å². The second kappa shape index (κ2) is 10.1. The van der Waals surface area contributed by atoms with Crippen LogP contribution in [0, 0.1) is 5.92 Å². The van der Waals surface area contributed by atoms with Crippen molar-refractivity contribution in [2.45, 2.75) is 39.7 Å². The Morgan fingerprint density at radius 1 is 1.22 bits per heavy atom. The van der Waals surface area contributed by atoms with Gasteiger partial charge in [0.2, 0.25) is 5.91 Å². The Kier molecular flexibility index (Phi) is 7.79. The van der Waals surface area contributed by atoms with Gasteiger partial charge in [0.15, 0.2) is 0 Å². The molecule has 146 valence electrons. The van der Waals surface area contributed by atoms with E-state index in [1.807, 2.05) is 50.4 Å². The van der Waals surface area contributed by atoms with E-state index < -0.39 is 12.0 Å². The Labute approximate surface area is 163 Å². The van der Waals surface area contributed by atoms with Gasteiger partial charge in [0.25, 0.3) is 0 Å². The Balaban J connectivity index is 1.99. The fraction of sp³-hybridized carbons (Fsp3) is 0.450. The number of nitrogens with zero attached hydrogens (tertiary/aromatic N) is 1. The highest BCUT2D eigenvalue weighted by molar-refractivity contribution is 7.13. The van der Waals surface area contributed by atoms with Crippen molar-refractivity contribution in [3.05, 3.63) is 35.3 Å². The molecular formula is C20H26N2O4S. The highest BCUT2D eigenvalue weighted by Crippen LogP contribution is 2.26. The van der Waals surface area contributed by atoms with E-state index in [9.17, 15) is 9.59 Å². The van der Waals surface area contributed by atoms with Gasteiger partial charge in [0.1, 0.15) is 16.8 Å². The van der Waals surface area contributed by atoms with E-state index in [-0.39, 0.29) is 18.2 Å². The standard InChI is InChI=1S/C20H26N2O4S/c1-5-26-16-8-6-14(7-9-16)19-21-15(12-27-19)11-18(23)22-17(10-13(2)3)20(24)25-4/h6-9,12-13,17H,5,10-11H2,1-4H3,(H,22,23). The average Bonchev–Trinajstić information content (AvgIpc) is 3.09. The molecule has 27 heavy (non-hydrogen) atoms. The number of hydrogen-bond acceptors (Lipinski definition) is 6. The van der Waals surface area contributed by atoms with E-state index >= 15 is 0 Å². The molecule has 0 radical (unpaired) electrons. The number of carbonyl (C=O) groups is 2. The van der Waals surface area contributed by atoms with E-state index in [0.717, 1.165) is 16.3 Å². The number of amides is 1. The van der Waals surface area contributed by atoms with Crippen LogP contribution in [0.1, 0.15) is 32.9 Å². The van der Waals surface area contributed by atoms with Gasteiger partial charge in [-0.1, -0.05) is 13.8 Å². The van der Waals surface area contributed by atoms with Gasteiger partial charge in [-0.05, 0) is 43.5 Å². The molecule has 1 amide bonds. The minimum absolute atomic E-state index is 0.124. The van der Waals surface area contributed by atoms with Gasteiger partial charge in [-0.15, -0.1) is 11.3 Å². The summed E-state index contributed by atoms with van der Waals surface area (Å²) in [6.45, 7) is 6.55. The molecule has 0 aliphatic heterocycles. The fourth-order valence-electron chi connectivity index (χ4n) is 2.62. The minimum atomic E-state index is -0.633. The Bertz CT molecular complexity index is 756. The molecule has 1 N–H and O–H groups in total. The van der Waals surface area contributed by atoms with Crippen LogP contribution >= 0.6 is 11.3 Å². The monoisotopic (exact) mass is 390 g/mol. The normalized spacial score (nSPS) is 11.9. The lowest BCUT2D eigenvalue weighted by atomic mass is 10.0. The van der Waals surface area contributed by atoms with E-state index in [1.54, 1.807) is 0 Å². The van der Waals surface area contributed by atoms with Gasteiger partial charge < -0.3 is 14.8 Å². The molecular weight excluding hydrogens is 364 g/mol. The third kappa shape index (κ3) is 6.36. The molecule has 0 fully saturated rings. The van der Waals surface area contributed by atoms with Gasteiger partial charge >= 0.3 is 5.97 Å². The molecule has 0 aliphatic rings. The van der Waals surface area contributed by atoms with Crippen molar-refractivity contribution in [1.82, 2.24) is 10.3 Å². The number of aromatic nitrogens is 1. The van der Waals surface area contributed by atoms with Crippen molar-refractivity contribution in [1.29, 1.82) is 0 Å². The van der Waals surface area contributed by atoms with E-state index in [4.69, 9.17) is 9.47 Å². The SMILES string of the molecule is CCOc1ccc(-c2nc(CC(=O)NC(CC(C)C)C(=O)OC)cs2)cc1. The number of rotatable bonds is 9. The Morgan fingerprint density at radius 2 is 1.93 bits per heavy atom. The maximum atomic E-state index is 12.3. The van der Waals surface area contributed by atoms with Crippen LogP contribution in [0.5, 0.6) is 5.75 Å². The number of benzene rings is 1. The summed E-state index contributed by atoms with van der Waals surface area (Å²) in [4.78, 5) is 28.7. The molecule has 6 nitrogen and oxygen atoms in total. The molecule has 2 aromatic rings. The van der Waals surface area contributed by atoms with Crippen LogP contribution in [0.15, 0.2) is 29.6 Å². The summed E-state index contributed by atoms with van der Waals surface area (Å²) in [6.07, 6.45) is 0.659. The molecule has 1 aromatic heterocycles. The van der Waals surface area contributed by atoms with Crippen molar-refractivity contribution >= 4 is 23.2 Å². The lowest BCUT2D eigenvalue weighted by Gasteiger charge is -2.18. The quantitative estimate of drug-likeness (QED) is 0.664. The van der Waals surface area contributed by atoms with Crippen LogP contribution in [0.4, 0.5) is 0 Å². The number of methoxy groups -OCH3 is 1. The highest BCUT2D eigenvalue weighted by atomic mass is 32.1. The van der Waals surface area contributed by atoms with Crippen LogP contribution < -0.4 is 10.1 Å². The number of nitrogens with one attached hydrogen (secondary N) is 1. The molecule has 1 aromatic carbocycles. The topological polar surface area (TPSA) is 77.5 Å². The molecule has 0 bridgehead atoms. The van der Waals surface area contributed by atoms with Crippen molar-refractivity contribution in [3.8, 4) is 16.3 Å². The number of hydrogen-bond donors (Lipinski definition) is 1. The van der Waals surface area contributed by atoms with Crippen LogP contribution in [0.3, 0.4) is 0 Å². The lowest BCUT2D eigenvalue weighted by Crippen LogP contribution is -2.43. The number of carbonyl (C=O) groups excluding carboxylic acids is 2. The highest BCUT2D eigenvalue weighted by Gasteiger charge is 2.23. The zero-order chi connectivity index (χ0) is 19.8. The molecule has 7 heteroatoms. The molecule has 1 heterocycles. The first-order chi connectivity index (χ1) is 12.9. The first-order valence-corrected chi connectivity index (χ1v) is 9.85. The van der Waals surface area contributed by atoms with Crippen LogP contribution in [-0.2, 0) is 20.7 Å². The van der Waals surface area contributed by atoms with Crippen molar-refractivity contribution in [3.63, 3.8) is 0 Å². The molecule has 0 aliphatic carbocycles. The number of esters is 1. The zero-order valence-electron chi connectivity index (χ0n) is 16.2. The number of thiazole rings is 1. The summed E-state index contributed by atoms with van der Waals surface area (Å²) in [5.74, 6) is 0.413. The summed E-state index contributed by atoms with van der Waals surface area (Å²) in [7, 11) is 1.32. The van der Waals surface area contributed by atoms with E-state index in [1.165, 1.54) is 18.4 Å². The Hall–Kier alpha value is -2.41. The van der Waals surface area contributed by atoms with Crippen LogP contribution in [-0.4, -0.2) is 36.6 Å². The van der Waals surface area contributed by atoms with Crippen LogP contribution in [0.25, 0.3) is 10.6 Å². The smallest absolute Gasteiger partial charge is 0.328 e. The Morgan fingerprint density at radius 3 is 2.52 bits per heavy atom. The van der Waals surface area contributed by atoms with Gasteiger partial charge in [0, 0.05) is 10.9 Å². The number of ether oxygens (including phenoxy) is 2. The maximum Gasteiger partial charge on any atom is 0.328 e. The molecule has 0 saturated heterocycles. The summed E-state index contributed by atoms with van der Waals surface area (Å²) in [6, 6.07) is 7.07. The fourth-order valence-corrected chi connectivity index (χ4v) is 3.44. The summed E-state index contributed by atoms with van der Waals surface area (Å²) >= 11 is 1.48. The van der Waals surface area contributed by atoms with Gasteiger partial charge in [-0.3, -0.25) is 4.79 Å². The molecule has 2 rings (SSSR count). The predicted molar refractivity (Wildman–Crippen MR) is 106 cm³/mol.